The van der Waals surface area contributed by atoms with E-state index in [-0.39, 0.29) is 24.7 Å². The van der Waals surface area contributed by atoms with Crippen LogP contribution in [0.1, 0.15) is 16.9 Å². The zero-order valence-corrected chi connectivity index (χ0v) is 17.5. The number of benzene rings is 2. The number of rotatable bonds is 9. The van der Waals surface area contributed by atoms with E-state index in [0.29, 0.717) is 11.3 Å². The lowest BCUT2D eigenvalue weighted by Gasteiger charge is -2.05. The molecule has 0 saturated heterocycles. The SMILES string of the molecule is O=C(/C=C/c1ccc(-c2ccccc2)cc1)CC(=S)CNC(=O)Cc1cccs1. The van der Waals surface area contributed by atoms with E-state index in [4.69, 9.17) is 12.2 Å². The maximum absolute atomic E-state index is 12.1. The van der Waals surface area contributed by atoms with Gasteiger partial charge >= 0.3 is 0 Å². The fraction of sp³-hybridized carbons (Fsp3) is 0.125. The number of allylic oxidation sites excluding steroid dienone is 1. The lowest BCUT2D eigenvalue weighted by atomic mass is 10.0. The van der Waals surface area contributed by atoms with E-state index < -0.39 is 0 Å². The Labute approximate surface area is 180 Å². The summed E-state index contributed by atoms with van der Waals surface area (Å²) in [6.45, 7) is 0.241. The smallest absolute Gasteiger partial charge is 0.225 e. The topological polar surface area (TPSA) is 46.2 Å². The van der Waals surface area contributed by atoms with Crippen LogP contribution in [0.25, 0.3) is 17.2 Å². The summed E-state index contributed by atoms with van der Waals surface area (Å²) in [6.07, 6.45) is 3.81. The van der Waals surface area contributed by atoms with E-state index in [1.807, 2.05) is 60.0 Å². The molecule has 146 valence electrons. The van der Waals surface area contributed by atoms with Gasteiger partial charge in [-0.1, -0.05) is 79.0 Å². The number of thiophene rings is 1. The third kappa shape index (κ3) is 6.89. The Bertz CT molecular complexity index is 991. The molecule has 0 saturated carbocycles. The highest BCUT2D eigenvalue weighted by Crippen LogP contribution is 2.19. The summed E-state index contributed by atoms with van der Waals surface area (Å²) in [5.74, 6) is -0.161. The second-order valence-electron chi connectivity index (χ2n) is 6.54. The molecule has 0 atom stereocenters. The number of amides is 1. The second kappa shape index (κ2) is 10.6. The van der Waals surface area contributed by atoms with Gasteiger partial charge in [0, 0.05) is 22.7 Å². The molecule has 5 heteroatoms. The summed E-state index contributed by atoms with van der Waals surface area (Å²) in [7, 11) is 0. The van der Waals surface area contributed by atoms with Crippen molar-refractivity contribution in [2.45, 2.75) is 12.8 Å². The van der Waals surface area contributed by atoms with Crippen molar-refractivity contribution >= 4 is 46.2 Å². The van der Waals surface area contributed by atoms with E-state index >= 15 is 0 Å². The minimum absolute atomic E-state index is 0.0744. The van der Waals surface area contributed by atoms with E-state index in [1.54, 1.807) is 17.4 Å². The van der Waals surface area contributed by atoms with Gasteiger partial charge in [0.1, 0.15) is 0 Å². The number of hydrogen-bond acceptors (Lipinski definition) is 4. The molecule has 3 aromatic rings. The Morgan fingerprint density at radius 3 is 2.34 bits per heavy atom. The molecule has 0 aliphatic rings. The first kappa shape index (κ1) is 20.8. The van der Waals surface area contributed by atoms with Gasteiger partial charge in [0.25, 0.3) is 0 Å². The third-order valence-electron chi connectivity index (χ3n) is 4.25. The van der Waals surface area contributed by atoms with Crippen LogP contribution in [0, 0.1) is 0 Å². The number of thiocarbonyl (C=S) groups is 1. The van der Waals surface area contributed by atoms with Gasteiger partial charge in [0.05, 0.1) is 6.42 Å². The van der Waals surface area contributed by atoms with Crippen molar-refractivity contribution in [1.29, 1.82) is 0 Å². The molecule has 1 N–H and O–H groups in total. The predicted octanol–water partition coefficient (Wildman–Crippen LogP) is 5.12. The van der Waals surface area contributed by atoms with Crippen LogP contribution in [0.15, 0.2) is 78.2 Å². The van der Waals surface area contributed by atoms with Gasteiger partial charge in [-0.3, -0.25) is 9.59 Å². The average Bonchev–Trinajstić information content (AvgIpc) is 3.25. The average molecular weight is 420 g/mol. The molecule has 1 aromatic heterocycles. The molecular formula is C24H21NO2S2. The Morgan fingerprint density at radius 1 is 0.931 bits per heavy atom. The Kier molecular flexibility index (Phi) is 7.61. The van der Waals surface area contributed by atoms with E-state index in [2.05, 4.69) is 17.4 Å². The van der Waals surface area contributed by atoms with Gasteiger partial charge in [0.2, 0.25) is 5.91 Å². The van der Waals surface area contributed by atoms with Gasteiger partial charge in [-0.05, 0) is 34.2 Å². The fourth-order valence-corrected chi connectivity index (χ4v) is 3.67. The van der Waals surface area contributed by atoms with Crippen LogP contribution in [0.4, 0.5) is 0 Å². The normalized spacial score (nSPS) is 10.8. The number of ketones is 1. The number of nitrogens with one attached hydrogen (secondary N) is 1. The molecule has 2 aromatic carbocycles. The molecule has 0 aliphatic carbocycles. The monoisotopic (exact) mass is 419 g/mol. The van der Waals surface area contributed by atoms with Gasteiger partial charge in [-0.15, -0.1) is 11.3 Å². The maximum Gasteiger partial charge on any atom is 0.225 e. The zero-order chi connectivity index (χ0) is 20.5. The molecule has 0 bridgehead atoms. The minimum Gasteiger partial charge on any atom is -0.351 e. The molecule has 0 fully saturated rings. The first-order chi connectivity index (χ1) is 14.1. The summed E-state index contributed by atoms with van der Waals surface area (Å²) < 4.78 is 0. The first-order valence-corrected chi connectivity index (χ1v) is 10.6. The van der Waals surface area contributed by atoms with Gasteiger partial charge in [-0.2, -0.15) is 0 Å². The second-order valence-corrected chi connectivity index (χ2v) is 8.15. The van der Waals surface area contributed by atoms with Crippen LogP contribution in [0.5, 0.6) is 0 Å². The summed E-state index contributed by atoms with van der Waals surface area (Å²) in [6, 6.07) is 22.0. The third-order valence-corrected chi connectivity index (χ3v) is 5.41. The molecule has 29 heavy (non-hydrogen) atoms. The molecule has 1 amide bonds. The van der Waals surface area contributed by atoms with Crippen LogP contribution in [0.2, 0.25) is 0 Å². The van der Waals surface area contributed by atoms with Gasteiger partial charge in [0.15, 0.2) is 5.78 Å². The number of carbonyl (C=O) groups excluding carboxylic acids is 2. The highest BCUT2D eigenvalue weighted by Gasteiger charge is 2.07. The quantitative estimate of drug-likeness (QED) is 0.387. The van der Waals surface area contributed by atoms with Crippen LogP contribution in [0.3, 0.4) is 0 Å². The summed E-state index contributed by atoms with van der Waals surface area (Å²) in [5.41, 5.74) is 3.24. The molecule has 3 rings (SSSR count). The minimum atomic E-state index is -0.0868. The number of carbonyl (C=O) groups is 2. The van der Waals surface area contributed by atoms with Crippen LogP contribution < -0.4 is 5.32 Å². The largest absolute Gasteiger partial charge is 0.351 e. The molecular weight excluding hydrogens is 398 g/mol. The molecule has 0 unspecified atom stereocenters. The lowest BCUT2D eigenvalue weighted by Crippen LogP contribution is -2.30. The summed E-state index contributed by atoms with van der Waals surface area (Å²) in [5, 5.41) is 4.71. The highest BCUT2D eigenvalue weighted by atomic mass is 32.1. The fourth-order valence-electron chi connectivity index (χ4n) is 2.75. The van der Waals surface area contributed by atoms with Crippen LogP contribution in [-0.4, -0.2) is 23.1 Å². The molecule has 3 nitrogen and oxygen atoms in total. The van der Waals surface area contributed by atoms with Crippen LogP contribution in [-0.2, 0) is 16.0 Å². The highest BCUT2D eigenvalue weighted by molar-refractivity contribution is 7.80. The Hall–Kier alpha value is -2.89. The Balaban J connectivity index is 1.44. The van der Waals surface area contributed by atoms with Crippen LogP contribution >= 0.6 is 23.6 Å². The maximum atomic E-state index is 12.1. The lowest BCUT2D eigenvalue weighted by molar-refractivity contribution is -0.120. The Morgan fingerprint density at radius 2 is 1.66 bits per heavy atom. The molecule has 0 radical (unpaired) electrons. The van der Waals surface area contributed by atoms with Crippen molar-refractivity contribution in [2.75, 3.05) is 6.54 Å². The van der Waals surface area contributed by atoms with Crippen molar-refractivity contribution in [3.8, 4) is 11.1 Å². The van der Waals surface area contributed by atoms with Crippen molar-refractivity contribution in [3.63, 3.8) is 0 Å². The van der Waals surface area contributed by atoms with Gasteiger partial charge in [-0.25, -0.2) is 0 Å². The van der Waals surface area contributed by atoms with Crippen molar-refractivity contribution in [1.82, 2.24) is 5.32 Å². The molecule has 0 spiro atoms. The van der Waals surface area contributed by atoms with E-state index in [1.165, 1.54) is 6.08 Å². The number of hydrogen-bond donors (Lipinski definition) is 1. The van der Waals surface area contributed by atoms with Crippen molar-refractivity contribution in [2.24, 2.45) is 0 Å². The van der Waals surface area contributed by atoms with Crippen molar-refractivity contribution in [3.05, 3.63) is 88.6 Å². The van der Waals surface area contributed by atoms with Crippen molar-refractivity contribution < 1.29 is 9.59 Å². The predicted molar refractivity (Wildman–Crippen MR) is 124 cm³/mol. The summed E-state index contributed by atoms with van der Waals surface area (Å²) in [4.78, 5) is 25.5. The zero-order valence-electron chi connectivity index (χ0n) is 15.8. The van der Waals surface area contributed by atoms with Gasteiger partial charge < -0.3 is 5.32 Å². The summed E-state index contributed by atoms with van der Waals surface area (Å²) >= 11 is 6.78. The standard InChI is InChI=1S/C24H21NO2S2/c26-21(15-22(28)17-25-24(27)16-23-7-4-14-29-23)13-10-18-8-11-20(12-9-18)19-5-2-1-3-6-19/h1-14H,15-17H2,(H,25,27)/b13-10+. The molecule has 0 aliphatic heterocycles. The molecule has 1 heterocycles. The first-order valence-electron chi connectivity index (χ1n) is 9.27. The van der Waals surface area contributed by atoms with E-state index in [0.717, 1.165) is 21.6 Å². The van der Waals surface area contributed by atoms with E-state index in [9.17, 15) is 9.59 Å².